The molecular formula is C16H24N4O2. The number of amides is 3. The maximum absolute atomic E-state index is 12.9. The van der Waals surface area contributed by atoms with Gasteiger partial charge >= 0.3 is 6.03 Å². The van der Waals surface area contributed by atoms with Crippen LogP contribution in [0.5, 0.6) is 0 Å². The maximum Gasteiger partial charge on any atom is 0.315 e. The zero-order valence-electron chi connectivity index (χ0n) is 13.2. The average Bonchev–Trinajstić information content (AvgIpc) is 2.96. The number of nitrogens with two attached hydrogens (primary N) is 1. The minimum Gasteiger partial charge on any atom is -0.351 e. The first-order valence-electron chi connectivity index (χ1n) is 7.72. The highest BCUT2D eigenvalue weighted by molar-refractivity contribution is 5.87. The Morgan fingerprint density at radius 1 is 1.41 bits per heavy atom. The Labute approximate surface area is 131 Å². The molecular weight excluding hydrogens is 280 g/mol. The van der Waals surface area contributed by atoms with Crippen LogP contribution in [0.15, 0.2) is 24.5 Å². The van der Waals surface area contributed by atoms with Gasteiger partial charge < -0.3 is 15.5 Å². The summed E-state index contributed by atoms with van der Waals surface area (Å²) in [6, 6.07) is 2.88. The number of urea groups is 1. The molecule has 0 bridgehead atoms. The minimum absolute atomic E-state index is 0.0122. The zero-order chi connectivity index (χ0) is 16.1. The number of aromatic nitrogens is 1. The second-order valence-corrected chi connectivity index (χ2v) is 6.16. The molecule has 0 aliphatic carbocycles. The Kier molecular flexibility index (Phi) is 5.35. The first kappa shape index (κ1) is 16.3. The van der Waals surface area contributed by atoms with Crippen molar-refractivity contribution in [3.05, 3.63) is 30.1 Å². The van der Waals surface area contributed by atoms with Gasteiger partial charge in [-0.2, -0.15) is 0 Å². The van der Waals surface area contributed by atoms with E-state index in [2.05, 4.69) is 18.8 Å². The van der Waals surface area contributed by atoms with E-state index in [4.69, 9.17) is 5.73 Å². The first-order chi connectivity index (χ1) is 10.5. The summed E-state index contributed by atoms with van der Waals surface area (Å²) in [7, 11) is 0. The van der Waals surface area contributed by atoms with E-state index in [1.807, 2.05) is 17.0 Å². The van der Waals surface area contributed by atoms with Crippen LogP contribution in [0.3, 0.4) is 0 Å². The standard InChI is InChI=1S/C16H24N4O2/c1-12(2)10-19(11-13-5-7-18-8-6-13)15(21)14-4-3-9-20(14)16(17)22/h5-8,12,14H,3-4,9-11H2,1-2H3,(H2,17,22)/t14-/m0/s1. The predicted molar refractivity (Wildman–Crippen MR) is 83.8 cm³/mol. The van der Waals surface area contributed by atoms with Crippen LogP contribution >= 0.6 is 0 Å². The molecule has 1 aliphatic rings. The molecule has 22 heavy (non-hydrogen) atoms. The van der Waals surface area contributed by atoms with Gasteiger partial charge in [0.05, 0.1) is 0 Å². The largest absolute Gasteiger partial charge is 0.351 e. The number of carbonyl (C=O) groups excluding carboxylic acids is 2. The number of nitrogens with zero attached hydrogens (tertiary/aromatic N) is 3. The summed E-state index contributed by atoms with van der Waals surface area (Å²) >= 11 is 0. The first-order valence-corrected chi connectivity index (χ1v) is 7.72. The van der Waals surface area contributed by atoms with Gasteiger partial charge in [-0.3, -0.25) is 9.78 Å². The van der Waals surface area contributed by atoms with E-state index < -0.39 is 12.1 Å². The van der Waals surface area contributed by atoms with Gasteiger partial charge in [0, 0.05) is 32.0 Å². The molecule has 1 atom stereocenters. The third kappa shape index (κ3) is 3.96. The molecule has 1 aromatic heterocycles. The highest BCUT2D eigenvalue weighted by atomic mass is 16.2. The molecule has 6 nitrogen and oxygen atoms in total. The smallest absolute Gasteiger partial charge is 0.315 e. The van der Waals surface area contributed by atoms with E-state index in [1.165, 1.54) is 4.90 Å². The zero-order valence-corrected chi connectivity index (χ0v) is 13.2. The lowest BCUT2D eigenvalue weighted by Gasteiger charge is -2.30. The molecule has 1 fully saturated rings. The summed E-state index contributed by atoms with van der Waals surface area (Å²) < 4.78 is 0. The number of likely N-dealkylation sites (tertiary alicyclic amines) is 1. The third-order valence-corrected chi connectivity index (χ3v) is 3.84. The third-order valence-electron chi connectivity index (χ3n) is 3.84. The quantitative estimate of drug-likeness (QED) is 0.897. The van der Waals surface area contributed by atoms with Crippen molar-refractivity contribution in [2.45, 2.75) is 39.3 Å². The van der Waals surface area contributed by atoms with E-state index in [-0.39, 0.29) is 5.91 Å². The SMILES string of the molecule is CC(C)CN(Cc1ccncc1)C(=O)[C@@H]1CCCN1C(N)=O. The number of rotatable bonds is 5. The highest BCUT2D eigenvalue weighted by Gasteiger charge is 2.35. The van der Waals surface area contributed by atoms with Crippen molar-refractivity contribution in [1.29, 1.82) is 0 Å². The molecule has 1 aliphatic heterocycles. The van der Waals surface area contributed by atoms with Crippen molar-refractivity contribution in [2.75, 3.05) is 13.1 Å². The van der Waals surface area contributed by atoms with Crippen molar-refractivity contribution < 1.29 is 9.59 Å². The number of hydrogen-bond acceptors (Lipinski definition) is 3. The fraction of sp³-hybridized carbons (Fsp3) is 0.562. The van der Waals surface area contributed by atoms with Crippen molar-refractivity contribution >= 4 is 11.9 Å². The van der Waals surface area contributed by atoms with Crippen LogP contribution < -0.4 is 5.73 Å². The Bertz CT molecular complexity index is 518. The van der Waals surface area contributed by atoms with Gasteiger partial charge in [-0.1, -0.05) is 13.8 Å². The molecule has 2 rings (SSSR count). The van der Waals surface area contributed by atoms with Crippen molar-refractivity contribution in [1.82, 2.24) is 14.8 Å². The summed E-state index contributed by atoms with van der Waals surface area (Å²) in [4.78, 5) is 31.7. The Hall–Kier alpha value is -2.11. The molecule has 1 aromatic rings. The molecule has 2 N–H and O–H groups in total. The number of carbonyl (C=O) groups is 2. The van der Waals surface area contributed by atoms with Crippen LogP contribution in [-0.2, 0) is 11.3 Å². The number of hydrogen-bond donors (Lipinski definition) is 1. The number of primary amides is 1. The summed E-state index contributed by atoms with van der Waals surface area (Å²) in [6.07, 6.45) is 4.95. The second-order valence-electron chi connectivity index (χ2n) is 6.16. The lowest BCUT2D eigenvalue weighted by Crippen LogP contribution is -2.49. The van der Waals surface area contributed by atoms with Crippen LogP contribution in [0, 0.1) is 5.92 Å². The lowest BCUT2D eigenvalue weighted by molar-refractivity contribution is -0.136. The monoisotopic (exact) mass is 304 g/mol. The van der Waals surface area contributed by atoms with E-state index in [9.17, 15) is 9.59 Å². The van der Waals surface area contributed by atoms with Gasteiger partial charge in [0.15, 0.2) is 0 Å². The highest BCUT2D eigenvalue weighted by Crippen LogP contribution is 2.20. The van der Waals surface area contributed by atoms with E-state index >= 15 is 0 Å². The molecule has 0 aromatic carbocycles. The molecule has 0 spiro atoms. The van der Waals surface area contributed by atoms with Crippen LogP contribution in [0.25, 0.3) is 0 Å². The van der Waals surface area contributed by atoms with Gasteiger partial charge in [0.25, 0.3) is 0 Å². The molecule has 120 valence electrons. The van der Waals surface area contributed by atoms with Crippen molar-refractivity contribution in [3.8, 4) is 0 Å². The molecule has 3 amide bonds. The Morgan fingerprint density at radius 2 is 2.09 bits per heavy atom. The van der Waals surface area contributed by atoms with Crippen LogP contribution in [0.2, 0.25) is 0 Å². The molecule has 0 unspecified atom stereocenters. The minimum atomic E-state index is -0.510. The van der Waals surface area contributed by atoms with Crippen molar-refractivity contribution in [2.24, 2.45) is 11.7 Å². The van der Waals surface area contributed by atoms with Crippen LogP contribution in [0.1, 0.15) is 32.3 Å². The van der Waals surface area contributed by atoms with E-state index in [0.29, 0.717) is 32.0 Å². The summed E-state index contributed by atoms with van der Waals surface area (Å²) in [5, 5.41) is 0. The fourth-order valence-electron chi connectivity index (χ4n) is 2.88. The van der Waals surface area contributed by atoms with Gasteiger partial charge in [-0.15, -0.1) is 0 Å². The van der Waals surface area contributed by atoms with Crippen LogP contribution in [0.4, 0.5) is 4.79 Å². The van der Waals surface area contributed by atoms with Gasteiger partial charge in [-0.05, 0) is 36.5 Å². The van der Waals surface area contributed by atoms with Crippen molar-refractivity contribution in [3.63, 3.8) is 0 Å². The fourth-order valence-corrected chi connectivity index (χ4v) is 2.88. The molecule has 0 saturated carbocycles. The van der Waals surface area contributed by atoms with Gasteiger partial charge in [0.1, 0.15) is 6.04 Å². The normalized spacial score (nSPS) is 17.8. The predicted octanol–water partition coefficient (Wildman–Crippen LogP) is 1.61. The lowest BCUT2D eigenvalue weighted by atomic mass is 10.1. The van der Waals surface area contributed by atoms with Crippen LogP contribution in [-0.4, -0.2) is 45.9 Å². The summed E-state index contributed by atoms with van der Waals surface area (Å²) in [5.74, 6) is 0.344. The Morgan fingerprint density at radius 3 is 2.68 bits per heavy atom. The van der Waals surface area contributed by atoms with E-state index in [1.54, 1.807) is 12.4 Å². The number of pyridine rings is 1. The summed E-state index contributed by atoms with van der Waals surface area (Å²) in [6.45, 7) is 5.91. The summed E-state index contributed by atoms with van der Waals surface area (Å²) in [5.41, 5.74) is 6.42. The van der Waals surface area contributed by atoms with Gasteiger partial charge in [0.2, 0.25) is 5.91 Å². The molecule has 1 saturated heterocycles. The average molecular weight is 304 g/mol. The molecule has 2 heterocycles. The molecule has 6 heteroatoms. The topological polar surface area (TPSA) is 79.5 Å². The Balaban J connectivity index is 2.14. The molecule has 0 radical (unpaired) electrons. The van der Waals surface area contributed by atoms with Gasteiger partial charge in [-0.25, -0.2) is 4.79 Å². The van der Waals surface area contributed by atoms with E-state index in [0.717, 1.165) is 12.0 Å². The second kappa shape index (κ2) is 7.24. The maximum atomic E-state index is 12.9.